The van der Waals surface area contributed by atoms with Gasteiger partial charge in [0.1, 0.15) is 17.4 Å². The average molecular weight is 276 g/mol. The Bertz CT molecular complexity index is 626. The molecule has 1 atom stereocenters. The van der Waals surface area contributed by atoms with Gasteiger partial charge in [-0.15, -0.1) is 0 Å². The summed E-state index contributed by atoms with van der Waals surface area (Å²) < 4.78 is 5.25. The maximum Gasteiger partial charge on any atom is 0.323 e. The zero-order valence-electron chi connectivity index (χ0n) is 11.9. The van der Waals surface area contributed by atoms with E-state index in [0.29, 0.717) is 11.8 Å². The van der Waals surface area contributed by atoms with Gasteiger partial charge < -0.3 is 20.6 Å². The molecule has 0 radical (unpaired) electrons. The third-order valence-electron chi connectivity index (χ3n) is 2.91. The van der Waals surface area contributed by atoms with Gasteiger partial charge in [-0.2, -0.15) is 0 Å². The smallest absolute Gasteiger partial charge is 0.323 e. The highest BCUT2D eigenvalue weighted by Crippen LogP contribution is 2.28. The molecule has 1 heterocycles. The number of rotatable bonds is 3. The lowest BCUT2D eigenvalue weighted by atomic mass is 10.0. The van der Waals surface area contributed by atoms with Gasteiger partial charge in [0, 0.05) is 23.5 Å². The SMILES string of the molecule is CC(C)(C)OC(=O)C(N)Cc1c[nH]c2cccc(O)c12. The standard InChI is InChI=1S/C15H20N2O3/c1-15(2,3)20-14(19)10(16)7-9-8-17-11-5-4-6-12(18)13(9)11/h4-6,8,10,17-18H,7,16H2,1-3H3. The fourth-order valence-corrected chi connectivity index (χ4v) is 2.09. The molecule has 4 N–H and O–H groups in total. The summed E-state index contributed by atoms with van der Waals surface area (Å²) in [6.07, 6.45) is 2.07. The highest BCUT2D eigenvalue weighted by molar-refractivity contribution is 5.89. The normalized spacial score (nSPS) is 13.4. The van der Waals surface area contributed by atoms with E-state index in [1.165, 1.54) is 0 Å². The molecule has 0 aliphatic rings. The van der Waals surface area contributed by atoms with E-state index in [2.05, 4.69) is 4.98 Å². The first kappa shape index (κ1) is 14.4. The van der Waals surface area contributed by atoms with Crippen molar-refractivity contribution >= 4 is 16.9 Å². The van der Waals surface area contributed by atoms with E-state index >= 15 is 0 Å². The summed E-state index contributed by atoms with van der Waals surface area (Å²) in [6, 6.07) is 4.47. The van der Waals surface area contributed by atoms with Gasteiger partial charge in [-0.1, -0.05) is 6.07 Å². The number of benzene rings is 1. The first-order valence-corrected chi connectivity index (χ1v) is 6.54. The quantitative estimate of drug-likeness (QED) is 0.749. The Balaban J connectivity index is 2.18. The van der Waals surface area contributed by atoms with E-state index in [4.69, 9.17) is 10.5 Å². The summed E-state index contributed by atoms with van der Waals surface area (Å²) in [6.45, 7) is 5.40. The second-order valence-corrected chi connectivity index (χ2v) is 5.86. The van der Waals surface area contributed by atoms with Crippen molar-refractivity contribution in [3.8, 4) is 5.75 Å². The molecule has 5 heteroatoms. The molecule has 1 aromatic carbocycles. The predicted octanol–water partition coefficient (Wildman–Crippen LogP) is 2.08. The summed E-state index contributed by atoms with van der Waals surface area (Å²) in [7, 11) is 0. The van der Waals surface area contributed by atoms with Crippen molar-refractivity contribution in [2.75, 3.05) is 0 Å². The summed E-state index contributed by atoms with van der Waals surface area (Å²) >= 11 is 0. The van der Waals surface area contributed by atoms with E-state index < -0.39 is 17.6 Å². The number of fused-ring (bicyclic) bond motifs is 1. The molecule has 0 bridgehead atoms. The maximum absolute atomic E-state index is 11.9. The van der Waals surface area contributed by atoms with Crippen LogP contribution in [0.25, 0.3) is 10.9 Å². The number of phenolic OH excluding ortho intramolecular Hbond substituents is 1. The van der Waals surface area contributed by atoms with Crippen LogP contribution in [0, 0.1) is 0 Å². The number of ether oxygens (including phenoxy) is 1. The zero-order valence-corrected chi connectivity index (χ0v) is 11.9. The molecule has 5 nitrogen and oxygen atoms in total. The number of nitrogens with one attached hydrogen (secondary N) is 1. The predicted molar refractivity (Wildman–Crippen MR) is 77.5 cm³/mol. The maximum atomic E-state index is 11.9. The molecule has 20 heavy (non-hydrogen) atoms. The number of nitrogens with two attached hydrogens (primary N) is 1. The number of phenols is 1. The molecule has 1 unspecified atom stereocenters. The van der Waals surface area contributed by atoms with Crippen LogP contribution in [0.15, 0.2) is 24.4 Å². The fraction of sp³-hybridized carbons (Fsp3) is 0.400. The number of carbonyl (C=O) groups is 1. The van der Waals surface area contributed by atoms with Gasteiger partial charge in [-0.3, -0.25) is 4.79 Å². The molecular weight excluding hydrogens is 256 g/mol. The Morgan fingerprint density at radius 1 is 1.45 bits per heavy atom. The molecular formula is C15H20N2O3. The number of aromatic amines is 1. The molecule has 0 saturated carbocycles. The van der Waals surface area contributed by atoms with Crippen molar-refractivity contribution in [3.63, 3.8) is 0 Å². The number of hydrogen-bond donors (Lipinski definition) is 3. The summed E-state index contributed by atoms with van der Waals surface area (Å²) in [5.74, 6) is -0.266. The molecule has 0 fully saturated rings. The number of aromatic nitrogens is 1. The molecule has 0 amide bonds. The third kappa shape index (κ3) is 3.11. The molecule has 2 rings (SSSR count). The third-order valence-corrected chi connectivity index (χ3v) is 2.91. The summed E-state index contributed by atoms with van der Waals surface area (Å²) in [5.41, 5.74) is 6.95. The van der Waals surface area contributed by atoms with Crippen LogP contribution in [0.1, 0.15) is 26.3 Å². The van der Waals surface area contributed by atoms with Crippen molar-refractivity contribution < 1.29 is 14.6 Å². The van der Waals surface area contributed by atoms with Gasteiger partial charge in [0.15, 0.2) is 0 Å². The van der Waals surface area contributed by atoms with Crippen LogP contribution >= 0.6 is 0 Å². The Morgan fingerprint density at radius 3 is 2.80 bits per heavy atom. The first-order chi connectivity index (χ1) is 9.28. The number of carbonyl (C=O) groups excluding carboxylic acids is 1. The van der Waals surface area contributed by atoms with Crippen molar-refractivity contribution in [2.24, 2.45) is 5.73 Å². The van der Waals surface area contributed by atoms with Crippen LogP contribution in [-0.4, -0.2) is 27.7 Å². The van der Waals surface area contributed by atoms with E-state index in [0.717, 1.165) is 11.1 Å². The van der Waals surface area contributed by atoms with Crippen LogP contribution in [0.2, 0.25) is 0 Å². The topological polar surface area (TPSA) is 88.3 Å². The molecule has 0 spiro atoms. The monoisotopic (exact) mass is 276 g/mol. The van der Waals surface area contributed by atoms with E-state index in [1.807, 2.05) is 6.07 Å². The minimum absolute atomic E-state index is 0.176. The molecule has 108 valence electrons. The highest BCUT2D eigenvalue weighted by atomic mass is 16.6. The van der Waals surface area contributed by atoms with Crippen molar-refractivity contribution in [1.82, 2.24) is 4.98 Å². The van der Waals surface area contributed by atoms with E-state index in [-0.39, 0.29) is 5.75 Å². The van der Waals surface area contributed by atoms with Crippen LogP contribution in [0.3, 0.4) is 0 Å². The van der Waals surface area contributed by atoms with Gasteiger partial charge in [0.2, 0.25) is 0 Å². The summed E-state index contributed by atoms with van der Waals surface area (Å²) in [5, 5.41) is 10.6. The number of esters is 1. The van der Waals surface area contributed by atoms with Gasteiger partial charge in [-0.25, -0.2) is 0 Å². The Hall–Kier alpha value is -2.01. The van der Waals surface area contributed by atoms with Gasteiger partial charge in [0.05, 0.1) is 0 Å². The van der Waals surface area contributed by atoms with Crippen LogP contribution in [-0.2, 0) is 16.0 Å². The van der Waals surface area contributed by atoms with Crippen LogP contribution in [0.5, 0.6) is 5.75 Å². The minimum Gasteiger partial charge on any atom is -0.507 e. The van der Waals surface area contributed by atoms with E-state index in [9.17, 15) is 9.90 Å². The zero-order chi connectivity index (χ0) is 14.9. The molecule has 0 aliphatic heterocycles. The van der Waals surface area contributed by atoms with Gasteiger partial charge in [-0.05, 0) is 38.5 Å². The number of aromatic hydroxyl groups is 1. The Labute approximate surface area is 117 Å². The largest absolute Gasteiger partial charge is 0.507 e. The van der Waals surface area contributed by atoms with E-state index in [1.54, 1.807) is 39.1 Å². The van der Waals surface area contributed by atoms with Crippen molar-refractivity contribution in [1.29, 1.82) is 0 Å². The molecule has 2 aromatic rings. The van der Waals surface area contributed by atoms with Crippen molar-refractivity contribution in [2.45, 2.75) is 38.8 Å². The highest BCUT2D eigenvalue weighted by Gasteiger charge is 2.23. The minimum atomic E-state index is -0.757. The number of H-pyrrole nitrogens is 1. The Morgan fingerprint density at radius 2 is 2.15 bits per heavy atom. The van der Waals surface area contributed by atoms with Gasteiger partial charge in [0.25, 0.3) is 0 Å². The van der Waals surface area contributed by atoms with Gasteiger partial charge >= 0.3 is 5.97 Å². The lowest BCUT2D eigenvalue weighted by Crippen LogP contribution is -2.38. The number of hydrogen-bond acceptors (Lipinski definition) is 4. The molecule has 1 aromatic heterocycles. The second-order valence-electron chi connectivity index (χ2n) is 5.86. The fourth-order valence-electron chi connectivity index (χ4n) is 2.09. The second kappa shape index (κ2) is 5.17. The first-order valence-electron chi connectivity index (χ1n) is 6.54. The Kier molecular flexibility index (Phi) is 3.72. The average Bonchev–Trinajstić information content (AvgIpc) is 2.71. The molecule has 0 aliphatic carbocycles. The lowest BCUT2D eigenvalue weighted by molar-refractivity contribution is -0.156. The molecule has 0 saturated heterocycles. The van der Waals surface area contributed by atoms with Crippen LogP contribution in [0.4, 0.5) is 0 Å². The van der Waals surface area contributed by atoms with Crippen molar-refractivity contribution in [3.05, 3.63) is 30.0 Å². The lowest BCUT2D eigenvalue weighted by Gasteiger charge is -2.22. The summed E-state index contributed by atoms with van der Waals surface area (Å²) in [4.78, 5) is 14.9. The van der Waals surface area contributed by atoms with Crippen LogP contribution < -0.4 is 5.73 Å².